The third kappa shape index (κ3) is 3.17. The summed E-state index contributed by atoms with van der Waals surface area (Å²) in [6, 6.07) is 10.0. The van der Waals surface area contributed by atoms with Gasteiger partial charge in [-0.3, -0.25) is 9.89 Å². The van der Waals surface area contributed by atoms with Gasteiger partial charge in [0.25, 0.3) is 0 Å². The lowest BCUT2D eigenvalue weighted by atomic mass is 10.0. The van der Waals surface area contributed by atoms with Gasteiger partial charge in [-0.1, -0.05) is 17.7 Å². The van der Waals surface area contributed by atoms with E-state index < -0.39 is 0 Å². The zero-order valence-corrected chi connectivity index (χ0v) is 16.6. The van der Waals surface area contributed by atoms with Crippen molar-refractivity contribution in [3.8, 4) is 11.1 Å². The van der Waals surface area contributed by atoms with Gasteiger partial charge in [0.15, 0.2) is 0 Å². The summed E-state index contributed by atoms with van der Waals surface area (Å²) < 4.78 is 0. The zero-order valence-electron chi connectivity index (χ0n) is 15.9. The predicted octanol–water partition coefficient (Wildman–Crippen LogP) is 3.50. The van der Waals surface area contributed by atoms with Gasteiger partial charge < -0.3 is 9.80 Å². The smallest absolute Gasteiger partial charge is 0.219 e. The lowest BCUT2D eigenvalue weighted by Crippen LogP contribution is -2.48. The van der Waals surface area contributed by atoms with Crippen LogP contribution in [0.1, 0.15) is 6.92 Å². The standard InChI is InChI=1S/C21H19ClN6O/c1-13(29)27-4-6-28(7-5-27)21-17-9-18(22)16(10-20(17)23-12-24-21)14-2-3-19-15(8-14)11-25-26-19/h2-3,8-12H,4-7H2,1H3,(H,25,26). The van der Waals surface area contributed by atoms with E-state index in [0.717, 1.165) is 51.8 Å². The van der Waals surface area contributed by atoms with E-state index in [4.69, 9.17) is 11.6 Å². The molecule has 7 nitrogen and oxygen atoms in total. The number of H-pyrrole nitrogens is 1. The van der Waals surface area contributed by atoms with Crippen molar-refractivity contribution < 1.29 is 4.79 Å². The third-order valence-corrected chi connectivity index (χ3v) is 5.79. The highest BCUT2D eigenvalue weighted by molar-refractivity contribution is 6.34. The summed E-state index contributed by atoms with van der Waals surface area (Å²) in [6.07, 6.45) is 3.39. The third-order valence-electron chi connectivity index (χ3n) is 5.48. The highest BCUT2D eigenvalue weighted by Gasteiger charge is 2.22. The van der Waals surface area contributed by atoms with Gasteiger partial charge in [-0.15, -0.1) is 0 Å². The van der Waals surface area contributed by atoms with Crippen molar-refractivity contribution in [1.29, 1.82) is 0 Å². The molecule has 1 aliphatic rings. The Hall–Kier alpha value is -3.19. The summed E-state index contributed by atoms with van der Waals surface area (Å²) in [7, 11) is 0. The number of aromatic nitrogens is 4. The summed E-state index contributed by atoms with van der Waals surface area (Å²) in [4.78, 5) is 24.6. The average Bonchev–Trinajstić information content (AvgIpc) is 3.21. The Morgan fingerprint density at radius 1 is 1.10 bits per heavy atom. The van der Waals surface area contributed by atoms with Gasteiger partial charge >= 0.3 is 0 Å². The minimum Gasteiger partial charge on any atom is -0.352 e. The zero-order chi connectivity index (χ0) is 20.0. The van der Waals surface area contributed by atoms with Gasteiger partial charge in [-0.25, -0.2) is 9.97 Å². The summed E-state index contributed by atoms with van der Waals surface area (Å²) in [5.41, 5.74) is 3.77. The Morgan fingerprint density at radius 2 is 1.93 bits per heavy atom. The van der Waals surface area contributed by atoms with Gasteiger partial charge in [0, 0.05) is 54.5 Å². The van der Waals surface area contributed by atoms with Gasteiger partial charge in [0.2, 0.25) is 5.91 Å². The van der Waals surface area contributed by atoms with Crippen LogP contribution in [-0.2, 0) is 4.79 Å². The molecule has 3 heterocycles. The molecule has 1 saturated heterocycles. The van der Waals surface area contributed by atoms with Crippen LogP contribution in [0, 0.1) is 0 Å². The van der Waals surface area contributed by atoms with E-state index in [1.807, 2.05) is 29.2 Å². The number of piperazine rings is 1. The van der Waals surface area contributed by atoms with Gasteiger partial charge in [-0.2, -0.15) is 5.10 Å². The summed E-state index contributed by atoms with van der Waals surface area (Å²) in [5.74, 6) is 0.969. The molecule has 0 unspecified atom stereocenters. The van der Waals surface area contributed by atoms with Crippen molar-refractivity contribution in [2.45, 2.75) is 6.92 Å². The van der Waals surface area contributed by atoms with Crippen LogP contribution in [0.4, 0.5) is 5.82 Å². The van der Waals surface area contributed by atoms with Crippen LogP contribution < -0.4 is 4.90 Å². The molecule has 0 saturated carbocycles. The van der Waals surface area contributed by atoms with Crippen molar-refractivity contribution >= 4 is 45.1 Å². The van der Waals surface area contributed by atoms with Crippen LogP contribution in [0.3, 0.4) is 0 Å². The highest BCUT2D eigenvalue weighted by atomic mass is 35.5. The second kappa shape index (κ2) is 7.00. The number of benzene rings is 2. The normalized spacial score (nSPS) is 14.7. The molecule has 1 amide bonds. The molecular formula is C21H19ClN6O. The van der Waals surface area contributed by atoms with Crippen molar-refractivity contribution in [2.75, 3.05) is 31.1 Å². The van der Waals surface area contributed by atoms with Crippen molar-refractivity contribution in [3.63, 3.8) is 0 Å². The molecule has 1 fully saturated rings. The first-order valence-electron chi connectivity index (χ1n) is 9.48. The van der Waals surface area contributed by atoms with Gasteiger partial charge in [-0.05, 0) is 29.8 Å². The van der Waals surface area contributed by atoms with Crippen LogP contribution >= 0.6 is 11.6 Å². The number of rotatable bonds is 2. The van der Waals surface area contributed by atoms with E-state index in [2.05, 4.69) is 31.1 Å². The molecule has 1 N–H and O–H groups in total. The van der Waals surface area contributed by atoms with Crippen LogP contribution in [0.2, 0.25) is 5.02 Å². The number of hydrogen-bond acceptors (Lipinski definition) is 5. The van der Waals surface area contributed by atoms with Crippen molar-refractivity contribution in [2.24, 2.45) is 0 Å². The first-order valence-corrected chi connectivity index (χ1v) is 9.86. The van der Waals surface area contributed by atoms with Crippen LogP contribution in [0.25, 0.3) is 32.9 Å². The minimum atomic E-state index is 0.111. The Balaban J connectivity index is 1.54. The molecule has 0 aliphatic carbocycles. The molecule has 146 valence electrons. The Morgan fingerprint density at radius 3 is 2.72 bits per heavy atom. The molecular weight excluding hydrogens is 388 g/mol. The quantitative estimate of drug-likeness (QED) is 0.551. The molecule has 2 aromatic carbocycles. The van der Waals surface area contributed by atoms with E-state index in [1.165, 1.54) is 0 Å². The molecule has 29 heavy (non-hydrogen) atoms. The summed E-state index contributed by atoms with van der Waals surface area (Å²) in [5, 5.41) is 9.64. The maximum atomic E-state index is 11.6. The molecule has 2 aromatic heterocycles. The molecule has 1 aliphatic heterocycles. The van der Waals surface area contributed by atoms with E-state index in [9.17, 15) is 4.79 Å². The largest absolute Gasteiger partial charge is 0.352 e. The van der Waals surface area contributed by atoms with E-state index in [1.54, 1.807) is 19.4 Å². The lowest BCUT2D eigenvalue weighted by molar-refractivity contribution is -0.129. The van der Waals surface area contributed by atoms with E-state index >= 15 is 0 Å². The number of aromatic amines is 1. The molecule has 0 radical (unpaired) electrons. The predicted molar refractivity (Wildman–Crippen MR) is 114 cm³/mol. The van der Waals surface area contributed by atoms with Crippen LogP contribution in [0.15, 0.2) is 42.9 Å². The maximum Gasteiger partial charge on any atom is 0.219 e. The minimum absolute atomic E-state index is 0.111. The van der Waals surface area contributed by atoms with Crippen molar-refractivity contribution in [1.82, 2.24) is 25.1 Å². The van der Waals surface area contributed by atoms with E-state index in [-0.39, 0.29) is 5.91 Å². The summed E-state index contributed by atoms with van der Waals surface area (Å²) in [6.45, 7) is 4.47. The van der Waals surface area contributed by atoms with Crippen LogP contribution in [-0.4, -0.2) is 57.2 Å². The van der Waals surface area contributed by atoms with Crippen LogP contribution in [0.5, 0.6) is 0 Å². The second-order valence-corrected chi connectivity index (χ2v) is 7.62. The molecule has 4 aromatic rings. The fourth-order valence-corrected chi connectivity index (χ4v) is 4.15. The fourth-order valence-electron chi connectivity index (χ4n) is 3.88. The number of amides is 1. The second-order valence-electron chi connectivity index (χ2n) is 7.21. The lowest BCUT2D eigenvalue weighted by Gasteiger charge is -2.35. The molecule has 0 atom stereocenters. The monoisotopic (exact) mass is 406 g/mol. The molecule has 5 rings (SSSR count). The number of halogens is 1. The van der Waals surface area contributed by atoms with E-state index in [0.29, 0.717) is 18.1 Å². The number of nitrogens with zero attached hydrogens (tertiary/aromatic N) is 5. The van der Waals surface area contributed by atoms with Gasteiger partial charge in [0.05, 0.1) is 17.2 Å². The molecule has 0 bridgehead atoms. The maximum absolute atomic E-state index is 11.6. The van der Waals surface area contributed by atoms with Gasteiger partial charge in [0.1, 0.15) is 12.1 Å². The van der Waals surface area contributed by atoms with Crippen molar-refractivity contribution in [3.05, 3.63) is 47.9 Å². The first kappa shape index (κ1) is 17.9. The Bertz CT molecular complexity index is 1230. The Labute approximate surface area is 172 Å². The molecule has 8 heteroatoms. The number of carbonyl (C=O) groups is 1. The topological polar surface area (TPSA) is 78.0 Å². The molecule has 0 spiro atoms. The SMILES string of the molecule is CC(=O)N1CCN(c2ncnc3cc(-c4ccc5[nH]ncc5c4)c(Cl)cc23)CC1. The number of hydrogen-bond donors (Lipinski definition) is 1. The number of carbonyl (C=O) groups excluding carboxylic acids is 1. The highest BCUT2D eigenvalue weighted by Crippen LogP contribution is 2.35. The summed E-state index contributed by atoms with van der Waals surface area (Å²) >= 11 is 6.69. The number of anilines is 1. The number of fused-ring (bicyclic) bond motifs is 2. The number of nitrogens with one attached hydrogen (secondary N) is 1. The fraction of sp³-hybridized carbons (Fsp3) is 0.238. The first-order chi connectivity index (χ1) is 14.1. The average molecular weight is 407 g/mol. The Kier molecular flexibility index (Phi) is 4.32.